The van der Waals surface area contributed by atoms with Crippen molar-refractivity contribution in [2.45, 2.75) is 18.6 Å². The summed E-state index contributed by atoms with van der Waals surface area (Å²) in [5.74, 6) is 0. The maximum Gasteiger partial charge on any atom is 0.296 e. The molecule has 0 bridgehead atoms. The summed E-state index contributed by atoms with van der Waals surface area (Å²) in [5.41, 5.74) is 2.47. The number of rotatable bonds is 4. The minimum atomic E-state index is -0.426. The lowest BCUT2D eigenvalue weighted by Crippen LogP contribution is -2.45. The van der Waals surface area contributed by atoms with Crippen LogP contribution in [-0.2, 0) is 6.54 Å². The fourth-order valence-electron chi connectivity index (χ4n) is 4.65. The molecule has 34 heavy (non-hydrogen) atoms. The van der Waals surface area contributed by atoms with Crippen LogP contribution in [0.5, 0.6) is 0 Å². The fraction of sp³-hybridized carbons (Fsp3) is 0.111. The van der Waals surface area contributed by atoms with Gasteiger partial charge in [-0.05, 0) is 16.7 Å². The van der Waals surface area contributed by atoms with Crippen LogP contribution in [-0.4, -0.2) is 24.4 Å². The Labute approximate surface area is 194 Å². The number of hydrogen-bond donors (Lipinski definition) is 0. The summed E-state index contributed by atoms with van der Waals surface area (Å²) in [6.45, 7) is 0.351. The van der Waals surface area contributed by atoms with Crippen molar-refractivity contribution in [3.8, 4) is 0 Å². The first kappa shape index (κ1) is 20.1. The SMILES string of the molecule is O=c1c2nnn(Cc3ccccc3)c2c(=O)n2n1C(c1ccccc1)C=CC2c1ccccc1. The monoisotopic (exact) mass is 447 g/mol. The van der Waals surface area contributed by atoms with E-state index in [2.05, 4.69) is 10.3 Å². The standard InChI is InChI=1S/C27H21N5O2/c33-26-24-25(30(29-28-24)18-19-10-4-1-5-11-19)27(34)32-23(21-14-8-3-9-15-21)17-16-22(31(26)32)20-12-6-2-7-13-20/h1-17,22-23H,18H2. The molecule has 7 nitrogen and oxygen atoms in total. The normalized spacial score (nSPS) is 17.1. The second kappa shape index (κ2) is 8.12. The Bertz CT molecular complexity index is 1620. The predicted octanol–water partition coefficient (Wildman–Crippen LogP) is 3.55. The predicted molar refractivity (Wildman–Crippen MR) is 130 cm³/mol. The number of benzene rings is 3. The van der Waals surface area contributed by atoms with E-state index in [9.17, 15) is 9.59 Å². The van der Waals surface area contributed by atoms with Crippen molar-refractivity contribution in [3.63, 3.8) is 0 Å². The van der Waals surface area contributed by atoms with Gasteiger partial charge >= 0.3 is 0 Å². The van der Waals surface area contributed by atoms with Crippen molar-refractivity contribution >= 4 is 11.0 Å². The summed E-state index contributed by atoms with van der Waals surface area (Å²) in [5, 5.41) is 8.35. The lowest BCUT2D eigenvalue weighted by Gasteiger charge is -2.31. The molecular formula is C27H21N5O2. The molecule has 2 unspecified atom stereocenters. The van der Waals surface area contributed by atoms with E-state index in [0.717, 1.165) is 16.7 Å². The highest BCUT2D eigenvalue weighted by Gasteiger charge is 2.30. The Hall–Kier alpha value is -4.52. The average molecular weight is 447 g/mol. The fourth-order valence-corrected chi connectivity index (χ4v) is 4.65. The van der Waals surface area contributed by atoms with Gasteiger partial charge in [0.1, 0.15) is 0 Å². The molecule has 0 saturated heterocycles. The summed E-state index contributed by atoms with van der Waals surface area (Å²) in [4.78, 5) is 27.8. The van der Waals surface area contributed by atoms with Gasteiger partial charge in [0, 0.05) is 0 Å². The maximum atomic E-state index is 14.0. The van der Waals surface area contributed by atoms with E-state index >= 15 is 0 Å². The van der Waals surface area contributed by atoms with Gasteiger partial charge in [-0.3, -0.25) is 9.59 Å². The molecule has 1 aliphatic heterocycles. The van der Waals surface area contributed by atoms with Crippen molar-refractivity contribution in [1.82, 2.24) is 24.4 Å². The van der Waals surface area contributed by atoms with Crippen molar-refractivity contribution in [2.24, 2.45) is 0 Å². The van der Waals surface area contributed by atoms with Gasteiger partial charge in [0.25, 0.3) is 11.1 Å². The molecule has 0 fully saturated rings. The Morgan fingerprint density at radius 2 is 1.15 bits per heavy atom. The summed E-state index contributed by atoms with van der Waals surface area (Å²) in [6.07, 6.45) is 3.97. The largest absolute Gasteiger partial charge is 0.296 e. The molecule has 0 aliphatic carbocycles. The first-order valence-electron chi connectivity index (χ1n) is 11.1. The van der Waals surface area contributed by atoms with Crippen molar-refractivity contribution in [2.75, 3.05) is 0 Å². The minimum absolute atomic E-state index is 0.0835. The van der Waals surface area contributed by atoms with Crippen LogP contribution < -0.4 is 11.1 Å². The molecule has 0 saturated carbocycles. The van der Waals surface area contributed by atoms with Crippen LogP contribution in [0.25, 0.3) is 11.0 Å². The van der Waals surface area contributed by atoms with Crippen LogP contribution in [0.15, 0.2) is 113 Å². The van der Waals surface area contributed by atoms with Gasteiger partial charge < -0.3 is 0 Å². The van der Waals surface area contributed by atoms with Gasteiger partial charge in [-0.15, -0.1) is 5.10 Å². The molecule has 0 N–H and O–H groups in total. The van der Waals surface area contributed by atoms with Crippen LogP contribution in [0.2, 0.25) is 0 Å². The topological polar surface area (TPSA) is 74.7 Å². The maximum absolute atomic E-state index is 14.0. The smallest absolute Gasteiger partial charge is 0.265 e. The molecule has 3 aromatic carbocycles. The quantitative estimate of drug-likeness (QED) is 0.395. The lowest BCUT2D eigenvalue weighted by molar-refractivity contribution is 0.387. The third-order valence-electron chi connectivity index (χ3n) is 6.25. The zero-order valence-electron chi connectivity index (χ0n) is 18.2. The second-order valence-corrected chi connectivity index (χ2v) is 8.33. The van der Waals surface area contributed by atoms with E-state index in [-0.39, 0.29) is 22.2 Å². The van der Waals surface area contributed by atoms with Gasteiger partial charge in [0.05, 0.1) is 18.6 Å². The molecule has 2 atom stereocenters. The number of nitrogens with zero attached hydrogens (tertiary/aromatic N) is 5. The van der Waals surface area contributed by atoms with Crippen molar-refractivity contribution in [3.05, 3.63) is 141 Å². The zero-order chi connectivity index (χ0) is 23.1. The van der Waals surface area contributed by atoms with Crippen molar-refractivity contribution < 1.29 is 0 Å². The Balaban J connectivity index is 1.63. The number of allylic oxidation sites excluding steroid dienone is 2. The van der Waals surface area contributed by atoms with E-state index < -0.39 is 12.1 Å². The number of hydrogen-bond acceptors (Lipinski definition) is 4. The molecule has 0 spiro atoms. The van der Waals surface area contributed by atoms with Gasteiger partial charge in [-0.1, -0.05) is 108 Å². The summed E-state index contributed by atoms with van der Waals surface area (Å²) in [6, 6.07) is 28.3. The highest BCUT2D eigenvalue weighted by atomic mass is 16.2. The summed E-state index contributed by atoms with van der Waals surface area (Å²) in [7, 11) is 0. The summed E-state index contributed by atoms with van der Waals surface area (Å²) >= 11 is 0. The van der Waals surface area contributed by atoms with Gasteiger partial charge in [-0.2, -0.15) is 0 Å². The van der Waals surface area contributed by atoms with E-state index in [1.54, 1.807) is 4.68 Å². The molecule has 166 valence electrons. The third kappa shape index (κ3) is 3.21. The van der Waals surface area contributed by atoms with Gasteiger partial charge in [0.2, 0.25) is 0 Å². The highest BCUT2D eigenvalue weighted by Crippen LogP contribution is 2.29. The van der Waals surface area contributed by atoms with Crippen LogP contribution >= 0.6 is 0 Å². The first-order valence-corrected chi connectivity index (χ1v) is 11.1. The van der Waals surface area contributed by atoms with Crippen LogP contribution in [0.3, 0.4) is 0 Å². The summed E-state index contributed by atoms with van der Waals surface area (Å²) < 4.78 is 4.61. The molecule has 3 heterocycles. The molecule has 7 heteroatoms. The molecule has 2 aromatic heterocycles. The minimum Gasteiger partial charge on any atom is -0.265 e. The third-order valence-corrected chi connectivity index (χ3v) is 6.25. The lowest BCUT2D eigenvalue weighted by atomic mass is 10.00. The highest BCUT2D eigenvalue weighted by molar-refractivity contribution is 5.72. The molecule has 6 rings (SSSR count). The van der Waals surface area contributed by atoms with E-state index in [1.807, 2.05) is 103 Å². The molecule has 0 amide bonds. The van der Waals surface area contributed by atoms with Crippen molar-refractivity contribution in [1.29, 1.82) is 0 Å². The van der Waals surface area contributed by atoms with E-state index in [4.69, 9.17) is 0 Å². The molecule has 5 aromatic rings. The Morgan fingerprint density at radius 3 is 1.71 bits per heavy atom. The van der Waals surface area contributed by atoms with Gasteiger partial charge in [0.15, 0.2) is 11.0 Å². The molecule has 1 aliphatic rings. The van der Waals surface area contributed by atoms with Crippen LogP contribution in [0.1, 0.15) is 28.8 Å². The number of aromatic nitrogens is 5. The second-order valence-electron chi connectivity index (χ2n) is 8.33. The van der Waals surface area contributed by atoms with E-state index in [0.29, 0.717) is 6.54 Å². The zero-order valence-corrected chi connectivity index (χ0v) is 18.2. The number of fused-ring (bicyclic) bond motifs is 2. The molecule has 0 radical (unpaired) electrons. The Morgan fingerprint density at radius 1 is 0.647 bits per heavy atom. The van der Waals surface area contributed by atoms with E-state index in [1.165, 1.54) is 9.36 Å². The Kier molecular flexibility index (Phi) is 4.80. The average Bonchev–Trinajstić information content (AvgIpc) is 3.32. The molecular weight excluding hydrogens is 426 g/mol. The first-order chi connectivity index (χ1) is 16.7. The van der Waals surface area contributed by atoms with Gasteiger partial charge in [-0.25, -0.2) is 14.0 Å². The van der Waals surface area contributed by atoms with Crippen LogP contribution in [0, 0.1) is 0 Å². The van der Waals surface area contributed by atoms with Crippen LogP contribution in [0.4, 0.5) is 0 Å².